The second-order valence-corrected chi connectivity index (χ2v) is 4.82. The number of likely N-dealkylation sites (N-methyl/N-ethyl adjacent to an activating group) is 1. The molecule has 100 valence electrons. The fraction of sp³-hybridized carbons (Fsp3) is 0.643. The molecule has 0 spiro atoms. The summed E-state index contributed by atoms with van der Waals surface area (Å²) in [6.07, 6.45) is 4.17. The highest BCUT2D eigenvalue weighted by Gasteiger charge is 2.17. The molecule has 0 aliphatic carbocycles. The van der Waals surface area contributed by atoms with Crippen LogP contribution in [0.1, 0.15) is 18.5 Å². The normalized spacial score (nSPS) is 17.2. The Balaban J connectivity index is 1.60. The molecule has 1 fully saturated rings. The highest BCUT2D eigenvalue weighted by molar-refractivity contribution is 5.02. The fourth-order valence-electron chi connectivity index (χ4n) is 2.28. The van der Waals surface area contributed by atoms with Gasteiger partial charge >= 0.3 is 0 Å². The van der Waals surface area contributed by atoms with Gasteiger partial charge in [-0.3, -0.25) is 4.98 Å². The van der Waals surface area contributed by atoms with E-state index in [0.717, 1.165) is 51.4 Å². The average molecular weight is 249 g/mol. The first-order valence-corrected chi connectivity index (χ1v) is 6.75. The minimum atomic E-state index is 0.690. The number of nitrogens with one attached hydrogen (secondary N) is 1. The van der Waals surface area contributed by atoms with Crippen molar-refractivity contribution in [2.45, 2.75) is 25.4 Å². The summed E-state index contributed by atoms with van der Waals surface area (Å²) in [4.78, 5) is 6.73. The predicted octanol–water partition coefficient (Wildman–Crippen LogP) is 1.28. The Bertz CT molecular complexity index is 325. The number of ether oxygens (including phenoxy) is 1. The summed E-state index contributed by atoms with van der Waals surface area (Å²) in [5.41, 5.74) is 1.10. The van der Waals surface area contributed by atoms with Crippen molar-refractivity contribution in [1.82, 2.24) is 15.2 Å². The molecular weight excluding hydrogens is 226 g/mol. The van der Waals surface area contributed by atoms with E-state index in [0.29, 0.717) is 6.04 Å². The van der Waals surface area contributed by atoms with Gasteiger partial charge in [-0.2, -0.15) is 0 Å². The van der Waals surface area contributed by atoms with Crippen LogP contribution in [0, 0.1) is 0 Å². The van der Waals surface area contributed by atoms with E-state index in [4.69, 9.17) is 4.74 Å². The smallest absolute Gasteiger partial charge is 0.0541 e. The molecule has 18 heavy (non-hydrogen) atoms. The van der Waals surface area contributed by atoms with Gasteiger partial charge in [0.25, 0.3) is 0 Å². The van der Waals surface area contributed by atoms with E-state index < -0.39 is 0 Å². The maximum Gasteiger partial charge on any atom is 0.0541 e. The van der Waals surface area contributed by atoms with Crippen LogP contribution in [-0.4, -0.2) is 49.3 Å². The van der Waals surface area contributed by atoms with Crippen molar-refractivity contribution in [3.63, 3.8) is 0 Å². The predicted molar refractivity (Wildman–Crippen MR) is 72.4 cm³/mol. The molecule has 0 atom stereocenters. The molecule has 2 rings (SSSR count). The highest BCUT2D eigenvalue weighted by atomic mass is 16.5. The standard InChI is InChI=1S/C14H23N3O/c1-17(14-5-10-18-11-6-14)9-8-15-12-13-4-2-3-7-16-13/h2-4,7,14-15H,5-6,8-12H2,1H3. The largest absolute Gasteiger partial charge is 0.381 e. The first kappa shape index (κ1) is 13.5. The SMILES string of the molecule is CN(CCNCc1ccccn1)C1CCOCC1. The van der Waals surface area contributed by atoms with E-state index in [2.05, 4.69) is 28.3 Å². The molecule has 0 aromatic carbocycles. The lowest BCUT2D eigenvalue weighted by molar-refractivity contribution is 0.0434. The quantitative estimate of drug-likeness (QED) is 0.771. The maximum absolute atomic E-state index is 5.38. The molecule has 0 saturated carbocycles. The van der Waals surface area contributed by atoms with Crippen LogP contribution in [0.2, 0.25) is 0 Å². The van der Waals surface area contributed by atoms with E-state index in [-0.39, 0.29) is 0 Å². The van der Waals surface area contributed by atoms with Crippen molar-refractivity contribution < 1.29 is 4.74 Å². The molecule has 0 amide bonds. The molecule has 1 aliphatic heterocycles. The zero-order chi connectivity index (χ0) is 12.6. The molecule has 0 unspecified atom stereocenters. The van der Waals surface area contributed by atoms with Crippen molar-refractivity contribution in [3.8, 4) is 0 Å². The topological polar surface area (TPSA) is 37.4 Å². The van der Waals surface area contributed by atoms with Crippen molar-refractivity contribution in [1.29, 1.82) is 0 Å². The van der Waals surface area contributed by atoms with Gasteiger partial charge in [0, 0.05) is 45.1 Å². The molecule has 4 nitrogen and oxygen atoms in total. The van der Waals surface area contributed by atoms with Crippen LogP contribution in [0.3, 0.4) is 0 Å². The van der Waals surface area contributed by atoms with Crippen LogP contribution >= 0.6 is 0 Å². The second-order valence-electron chi connectivity index (χ2n) is 4.82. The second kappa shape index (κ2) is 7.46. The van der Waals surface area contributed by atoms with Gasteiger partial charge in [-0.25, -0.2) is 0 Å². The number of hydrogen-bond acceptors (Lipinski definition) is 4. The van der Waals surface area contributed by atoms with Crippen LogP contribution in [0.25, 0.3) is 0 Å². The number of aromatic nitrogens is 1. The third kappa shape index (κ3) is 4.37. The third-order valence-electron chi connectivity index (χ3n) is 3.49. The van der Waals surface area contributed by atoms with Crippen molar-refractivity contribution in [2.24, 2.45) is 0 Å². The van der Waals surface area contributed by atoms with E-state index in [1.807, 2.05) is 18.3 Å². The molecule has 0 bridgehead atoms. The van der Waals surface area contributed by atoms with Crippen LogP contribution in [0.15, 0.2) is 24.4 Å². The monoisotopic (exact) mass is 249 g/mol. The number of nitrogens with zero attached hydrogens (tertiary/aromatic N) is 2. The van der Waals surface area contributed by atoms with Crippen molar-refractivity contribution >= 4 is 0 Å². The molecule has 4 heteroatoms. The lowest BCUT2D eigenvalue weighted by atomic mass is 10.1. The van der Waals surface area contributed by atoms with Gasteiger partial charge in [-0.1, -0.05) is 6.07 Å². The van der Waals surface area contributed by atoms with Crippen molar-refractivity contribution in [3.05, 3.63) is 30.1 Å². The van der Waals surface area contributed by atoms with Crippen molar-refractivity contribution in [2.75, 3.05) is 33.4 Å². The number of rotatable bonds is 6. The summed E-state index contributed by atoms with van der Waals surface area (Å²) in [6, 6.07) is 6.71. The van der Waals surface area contributed by atoms with Crippen LogP contribution < -0.4 is 5.32 Å². The van der Waals surface area contributed by atoms with E-state index in [1.54, 1.807) is 0 Å². The van der Waals surface area contributed by atoms with Gasteiger partial charge in [0.1, 0.15) is 0 Å². The van der Waals surface area contributed by atoms with Crippen LogP contribution in [-0.2, 0) is 11.3 Å². The Kier molecular flexibility index (Phi) is 5.58. The van der Waals surface area contributed by atoms with E-state index in [1.165, 1.54) is 0 Å². The Labute approximate surface area is 109 Å². The molecule has 1 N–H and O–H groups in total. The molecule has 2 heterocycles. The van der Waals surface area contributed by atoms with Gasteiger partial charge < -0.3 is 15.0 Å². The minimum absolute atomic E-state index is 0.690. The van der Waals surface area contributed by atoms with Gasteiger partial charge in [0.05, 0.1) is 5.69 Å². The summed E-state index contributed by atoms with van der Waals surface area (Å²) >= 11 is 0. The van der Waals surface area contributed by atoms with Gasteiger partial charge in [0.2, 0.25) is 0 Å². The molecular formula is C14H23N3O. The third-order valence-corrected chi connectivity index (χ3v) is 3.49. The molecule has 1 aliphatic rings. The van der Waals surface area contributed by atoms with Gasteiger partial charge in [-0.05, 0) is 32.0 Å². The number of pyridine rings is 1. The average Bonchev–Trinajstić information content (AvgIpc) is 2.45. The Morgan fingerprint density at radius 2 is 2.22 bits per heavy atom. The summed E-state index contributed by atoms with van der Waals surface area (Å²) in [6.45, 7) is 4.76. The minimum Gasteiger partial charge on any atom is -0.381 e. The van der Waals surface area contributed by atoms with Crippen LogP contribution in [0.4, 0.5) is 0 Å². The van der Waals surface area contributed by atoms with E-state index in [9.17, 15) is 0 Å². The van der Waals surface area contributed by atoms with Gasteiger partial charge in [-0.15, -0.1) is 0 Å². The summed E-state index contributed by atoms with van der Waals surface area (Å²) in [5.74, 6) is 0. The molecule has 0 radical (unpaired) electrons. The molecule has 1 saturated heterocycles. The van der Waals surface area contributed by atoms with Gasteiger partial charge in [0.15, 0.2) is 0 Å². The lowest BCUT2D eigenvalue weighted by Gasteiger charge is -2.31. The maximum atomic E-state index is 5.38. The molecule has 1 aromatic heterocycles. The highest BCUT2D eigenvalue weighted by Crippen LogP contribution is 2.11. The summed E-state index contributed by atoms with van der Waals surface area (Å²) in [7, 11) is 2.21. The zero-order valence-electron chi connectivity index (χ0n) is 11.1. The Hall–Kier alpha value is -0.970. The lowest BCUT2D eigenvalue weighted by Crippen LogP contribution is -2.40. The molecule has 1 aromatic rings. The first-order chi connectivity index (χ1) is 8.86. The first-order valence-electron chi connectivity index (χ1n) is 6.75. The number of hydrogen-bond donors (Lipinski definition) is 1. The summed E-state index contributed by atoms with van der Waals surface area (Å²) < 4.78 is 5.38. The summed E-state index contributed by atoms with van der Waals surface area (Å²) in [5, 5.41) is 3.44. The van der Waals surface area contributed by atoms with E-state index >= 15 is 0 Å². The Morgan fingerprint density at radius 3 is 2.94 bits per heavy atom. The zero-order valence-corrected chi connectivity index (χ0v) is 11.1. The fourth-order valence-corrected chi connectivity index (χ4v) is 2.28. The Morgan fingerprint density at radius 1 is 1.39 bits per heavy atom. The van der Waals surface area contributed by atoms with Crippen LogP contribution in [0.5, 0.6) is 0 Å².